The fraction of sp³-hybridized carbons (Fsp3) is 0.421. The predicted molar refractivity (Wildman–Crippen MR) is 123 cm³/mol. The maximum absolute atomic E-state index is 4.66. The summed E-state index contributed by atoms with van der Waals surface area (Å²) in [6.07, 6.45) is 5.99. The molecule has 8 heteroatoms. The van der Waals surface area contributed by atoms with Crippen molar-refractivity contribution < 1.29 is 0 Å². The maximum Gasteiger partial charge on any atom is 0.191 e. The first-order chi connectivity index (χ1) is 12.7. The van der Waals surface area contributed by atoms with Crippen molar-refractivity contribution in [2.24, 2.45) is 4.99 Å². The molecule has 0 saturated heterocycles. The molecule has 0 aliphatic heterocycles. The van der Waals surface area contributed by atoms with Crippen LogP contribution in [0, 0.1) is 6.92 Å². The van der Waals surface area contributed by atoms with Crippen LogP contribution in [-0.2, 0) is 19.4 Å². The van der Waals surface area contributed by atoms with E-state index in [0.29, 0.717) is 6.54 Å². The second-order valence-corrected chi connectivity index (χ2v) is 7.27. The number of aliphatic imine (C=N–C) groups is 1. The van der Waals surface area contributed by atoms with Gasteiger partial charge in [-0.25, -0.2) is 15.0 Å². The molecule has 0 fully saturated rings. The monoisotopic (exact) mass is 498 g/mol. The topological polar surface area (TPSA) is 66.6 Å². The number of rotatable bonds is 7. The second-order valence-electron chi connectivity index (χ2n) is 6.07. The normalized spacial score (nSPS) is 11.4. The molecule has 6 nitrogen and oxygen atoms in total. The molecule has 0 unspecified atom stereocenters. The van der Waals surface area contributed by atoms with Crippen molar-refractivity contribution in [1.29, 1.82) is 0 Å². The first kappa shape index (κ1) is 21.6. The quantitative estimate of drug-likeness (QED) is 0.297. The number of hydrogen-bond acceptors (Lipinski definition) is 4. The van der Waals surface area contributed by atoms with Gasteiger partial charge in [0.15, 0.2) is 5.96 Å². The molecule has 146 valence electrons. The molecule has 27 heavy (non-hydrogen) atoms. The van der Waals surface area contributed by atoms with Gasteiger partial charge in [0.1, 0.15) is 5.65 Å². The van der Waals surface area contributed by atoms with Gasteiger partial charge in [-0.2, -0.15) is 0 Å². The fourth-order valence-electron chi connectivity index (χ4n) is 2.69. The van der Waals surface area contributed by atoms with E-state index in [9.17, 15) is 0 Å². The zero-order chi connectivity index (χ0) is 18.4. The van der Waals surface area contributed by atoms with Crippen LogP contribution in [0.1, 0.15) is 35.1 Å². The smallest absolute Gasteiger partial charge is 0.191 e. The van der Waals surface area contributed by atoms with Crippen LogP contribution in [0.3, 0.4) is 0 Å². The summed E-state index contributed by atoms with van der Waals surface area (Å²) in [6, 6.07) is 6.12. The Bertz CT molecular complexity index is 885. The zero-order valence-corrected chi connectivity index (χ0v) is 19.2. The molecule has 3 aromatic heterocycles. The van der Waals surface area contributed by atoms with Gasteiger partial charge >= 0.3 is 0 Å². The summed E-state index contributed by atoms with van der Waals surface area (Å²) < 4.78 is 2.10. The Morgan fingerprint density at radius 3 is 2.81 bits per heavy atom. The molecule has 0 aliphatic carbocycles. The minimum atomic E-state index is 0. The lowest BCUT2D eigenvalue weighted by atomic mass is 10.4. The molecule has 0 radical (unpaired) electrons. The third-order valence-electron chi connectivity index (χ3n) is 4.07. The predicted octanol–water partition coefficient (Wildman–Crippen LogP) is 3.58. The molecule has 0 amide bonds. The van der Waals surface area contributed by atoms with Crippen molar-refractivity contribution in [2.75, 3.05) is 13.1 Å². The number of nitrogens with one attached hydrogen (secondary N) is 2. The van der Waals surface area contributed by atoms with Crippen molar-refractivity contribution in [1.82, 2.24) is 25.0 Å². The first-order valence-electron chi connectivity index (χ1n) is 9.09. The summed E-state index contributed by atoms with van der Waals surface area (Å²) >= 11 is 1.79. The van der Waals surface area contributed by atoms with Gasteiger partial charge in [-0.1, -0.05) is 13.0 Å². The van der Waals surface area contributed by atoms with Crippen LogP contribution in [0.4, 0.5) is 0 Å². The van der Waals surface area contributed by atoms with Crippen LogP contribution in [0.25, 0.3) is 5.65 Å². The van der Waals surface area contributed by atoms with Crippen molar-refractivity contribution in [3.63, 3.8) is 0 Å². The van der Waals surface area contributed by atoms with E-state index < -0.39 is 0 Å². The van der Waals surface area contributed by atoms with Gasteiger partial charge in [0, 0.05) is 42.5 Å². The summed E-state index contributed by atoms with van der Waals surface area (Å²) in [4.78, 5) is 15.1. The number of hydrogen-bond donors (Lipinski definition) is 2. The second kappa shape index (κ2) is 10.6. The van der Waals surface area contributed by atoms with E-state index in [2.05, 4.69) is 63.0 Å². The Hall–Kier alpha value is -1.68. The van der Waals surface area contributed by atoms with Gasteiger partial charge in [-0.15, -0.1) is 35.3 Å². The van der Waals surface area contributed by atoms with Gasteiger partial charge in [-0.05, 0) is 32.4 Å². The number of aromatic nitrogens is 3. The number of halogens is 1. The maximum atomic E-state index is 4.66. The molecule has 3 heterocycles. The summed E-state index contributed by atoms with van der Waals surface area (Å²) in [5, 5.41) is 7.84. The van der Waals surface area contributed by atoms with Crippen molar-refractivity contribution in [2.45, 2.75) is 40.2 Å². The molecule has 0 saturated carbocycles. The van der Waals surface area contributed by atoms with Gasteiger partial charge in [0.25, 0.3) is 0 Å². The lowest BCUT2D eigenvalue weighted by Gasteiger charge is -2.10. The molecular formula is C19H27IN6S. The van der Waals surface area contributed by atoms with Crippen molar-refractivity contribution >= 4 is 46.9 Å². The number of fused-ring (bicyclic) bond motifs is 1. The van der Waals surface area contributed by atoms with Crippen LogP contribution >= 0.6 is 35.3 Å². The highest BCUT2D eigenvalue weighted by atomic mass is 127. The molecule has 0 spiro atoms. The van der Waals surface area contributed by atoms with Crippen LogP contribution in [0.2, 0.25) is 0 Å². The molecule has 0 aliphatic rings. The average Bonchev–Trinajstić information content (AvgIpc) is 3.27. The summed E-state index contributed by atoms with van der Waals surface area (Å²) in [6.45, 7) is 8.50. The fourth-order valence-corrected chi connectivity index (χ4v) is 3.55. The molecule has 3 aromatic rings. The molecule has 3 rings (SSSR count). The SMILES string of the molecule is CCNC(=NCc1cn2c(C)cccc2n1)NCCc1ncc(CC)s1.I. The number of aryl methyl sites for hydroxylation is 2. The van der Waals surface area contributed by atoms with Crippen LogP contribution in [0.5, 0.6) is 0 Å². The Morgan fingerprint density at radius 2 is 2.11 bits per heavy atom. The summed E-state index contributed by atoms with van der Waals surface area (Å²) in [5.74, 6) is 0.813. The molecule has 2 N–H and O–H groups in total. The Labute approximate surface area is 181 Å². The molecule has 0 aromatic carbocycles. The van der Waals surface area contributed by atoms with E-state index in [1.807, 2.05) is 18.3 Å². The number of imidazole rings is 1. The van der Waals surface area contributed by atoms with E-state index in [1.54, 1.807) is 11.3 Å². The van der Waals surface area contributed by atoms with Crippen LogP contribution < -0.4 is 10.6 Å². The lowest BCUT2D eigenvalue weighted by Crippen LogP contribution is -2.38. The van der Waals surface area contributed by atoms with E-state index in [1.165, 1.54) is 15.6 Å². The lowest BCUT2D eigenvalue weighted by molar-refractivity contribution is 0.794. The van der Waals surface area contributed by atoms with E-state index in [0.717, 1.165) is 43.2 Å². The molecule has 0 atom stereocenters. The Balaban J connectivity index is 0.00000261. The van der Waals surface area contributed by atoms with Crippen LogP contribution in [-0.4, -0.2) is 33.4 Å². The van der Waals surface area contributed by atoms with Gasteiger partial charge < -0.3 is 15.0 Å². The van der Waals surface area contributed by atoms with Crippen molar-refractivity contribution in [3.8, 4) is 0 Å². The third kappa shape index (κ3) is 5.90. The van der Waals surface area contributed by atoms with E-state index in [4.69, 9.17) is 0 Å². The van der Waals surface area contributed by atoms with Gasteiger partial charge in [0.05, 0.1) is 17.2 Å². The van der Waals surface area contributed by atoms with E-state index >= 15 is 0 Å². The summed E-state index contributed by atoms with van der Waals surface area (Å²) in [5.41, 5.74) is 3.10. The zero-order valence-electron chi connectivity index (χ0n) is 16.0. The Morgan fingerprint density at radius 1 is 1.26 bits per heavy atom. The number of thiazole rings is 1. The molecular weight excluding hydrogens is 471 g/mol. The van der Waals surface area contributed by atoms with Gasteiger partial charge in [0.2, 0.25) is 0 Å². The highest BCUT2D eigenvalue weighted by molar-refractivity contribution is 14.0. The highest BCUT2D eigenvalue weighted by Crippen LogP contribution is 2.13. The number of pyridine rings is 1. The number of guanidine groups is 1. The highest BCUT2D eigenvalue weighted by Gasteiger charge is 2.05. The van der Waals surface area contributed by atoms with Crippen LogP contribution in [0.15, 0.2) is 35.6 Å². The average molecular weight is 498 g/mol. The minimum absolute atomic E-state index is 0. The Kier molecular flexibility index (Phi) is 8.49. The summed E-state index contributed by atoms with van der Waals surface area (Å²) in [7, 11) is 0. The standard InChI is InChI=1S/C19H26N6S.HI/c1-4-16-12-22-18(26-16)9-10-21-19(20-5-2)23-11-15-13-25-14(3)7-6-8-17(25)24-15;/h6-8,12-13H,4-5,9-11H2,1-3H3,(H2,20,21,23);1H. The van der Waals surface area contributed by atoms with Gasteiger partial charge in [-0.3, -0.25) is 0 Å². The third-order valence-corrected chi connectivity index (χ3v) is 5.27. The minimum Gasteiger partial charge on any atom is -0.357 e. The largest absolute Gasteiger partial charge is 0.357 e. The molecule has 0 bridgehead atoms. The number of nitrogens with zero attached hydrogens (tertiary/aromatic N) is 4. The van der Waals surface area contributed by atoms with E-state index in [-0.39, 0.29) is 24.0 Å². The van der Waals surface area contributed by atoms with Crippen molar-refractivity contribution in [3.05, 3.63) is 51.9 Å². The first-order valence-corrected chi connectivity index (χ1v) is 9.90.